The van der Waals surface area contributed by atoms with E-state index >= 15 is 0 Å². The van der Waals surface area contributed by atoms with Crippen molar-refractivity contribution in [2.45, 2.75) is 52.9 Å². The molecule has 1 aliphatic rings. The van der Waals surface area contributed by atoms with Gasteiger partial charge in [0.05, 0.1) is 0 Å². The minimum atomic E-state index is 0.977. The molecule has 3 rings (SSSR count). The summed E-state index contributed by atoms with van der Waals surface area (Å²) in [6.07, 6.45) is 8.53. The van der Waals surface area contributed by atoms with Gasteiger partial charge in [0.1, 0.15) is 0 Å². The molecule has 26 heavy (non-hydrogen) atoms. The summed E-state index contributed by atoms with van der Waals surface area (Å²) in [5.74, 6) is 0. The van der Waals surface area contributed by atoms with Crippen LogP contribution in [-0.4, -0.2) is 0 Å². The van der Waals surface area contributed by atoms with Crippen LogP contribution < -0.4 is 0 Å². The van der Waals surface area contributed by atoms with Crippen molar-refractivity contribution in [2.24, 2.45) is 0 Å². The lowest BCUT2D eigenvalue weighted by Gasteiger charge is -2.20. The van der Waals surface area contributed by atoms with Crippen LogP contribution in [-0.2, 0) is 6.42 Å². The number of rotatable bonds is 5. The molecule has 0 heterocycles. The van der Waals surface area contributed by atoms with Crippen LogP contribution >= 0.6 is 0 Å². The van der Waals surface area contributed by atoms with Gasteiger partial charge in [-0.3, -0.25) is 0 Å². The molecule has 0 fully saturated rings. The van der Waals surface area contributed by atoms with E-state index in [0.29, 0.717) is 0 Å². The molecule has 0 radical (unpaired) electrons. The van der Waals surface area contributed by atoms with Crippen LogP contribution in [0.3, 0.4) is 0 Å². The summed E-state index contributed by atoms with van der Waals surface area (Å²) in [7, 11) is 0. The highest BCUT2D eigenvalue weighted by Crippen LogP contribution is 2.33. The first-order valence-electron chi connectivity index (χ1n) is 9.76. The van der Waals surface area contributed by atoms with Gasteiger partial charge in [-0.1, -0.05) is 66.8 Å². The maximum atomic E-state index is 4.05. The third-order valence-electron chi connectivity index (χ3n) is 5.52. The fourth-order valence-corrected chi connectivity index (χ4v) is 3.83. The Hall–Kier alpha value is -2.34. The summed E-state index contributed by atoms with van der Waals surface area (Å²) in [6, 6.07) is 17.7. The largest absolute Gasteiger partial charge is 0.0955 e. The molecular formula is C26H30. The molecule has 2 aromatic carbocycles. The number of hydrogen-bond acceptors (Lipinski definition) is 0. The lowest BCUT2D eigenvalue weighted by molar-refractivity contribution is 0.706. The third kappa shape index (κ3) is 4.25. The standard InChI is InChI=1S/C26H30/c1-19(2)23-16-14-22(15-17-23)18-26(25-13-9-8-10-20(25)3)21(4)24-11-6-5-7-12-24/h8-11,13-17H,1,5-7,12,18H2,2-4H3/b26-21+. The van der Waals surface area contributed by atoms with Crippen LogP contribution in [0.5, 0.6) is 0 Å². The highest BCUT2D eigenvalue weighted by atomic mass is 14.2. The van der Waals surface area contributed by atoms with Gasteiger partial charge in [0.15, 0.2) is 0 Å². The average molecular weight is 343 g/mol. The second-order valence-electron chi connectivity index (χ2n) is 7.55. The van der Waals surface area contributed by atoms with Crippen LogP contribution in [0, 0.1) is 6.92 Å². The van der Waals surface area contributed by atoms with Gasteiger partial charge in [0.2, 0.25) is 0 Å². The molecule has 0 unspecified atom stereocenters. The van der Waals surface area contributed by atoms with Gasteiger partial charge < -0.3 is 0 Å². The summed E-state index contributed by atoms with van der Waals surface area (Å²) >= 11 is 0. The molecule has 2 aromatic rings. The molecule has 0 heteroatoms. The van der Waals surface area contributed by atoms with Crippen molar-refractivity contribution in [2.75, 3.05) is 0 Å². The minimum absolute atomic E-state index is 0.977. The van der Waals surface area contributed by atoms with Gasteiger partial charge in [-0.15, -0.1) is 0 Å². The Morgan fingerprint density at radius 1 is 0.962 bits per heavy atom. The summed E-state index contributed by atoms with van der Waals surface area (Å²) < 4.78 is 0. The van der Waals surface area contributed by atoms with Crippen LogP contribution in [0.2, 0.25) is 0 Å². The van der Waals surface area contributed by atoms with Crippen molar-refractivity contribution in [3.05, 3.63) is 94.6 Å². The normalized spacial score (nSPS) is 15.3. The zero-order valence-corrected chi connectivity index (χ0v) is 16.4. The molecule has 0 nitrogen and oxygen atoms in total. The molecule has 134 valence electrons. The zero-order valence-electron chi connectivity index (χ0n) is 16.4. The molecule has 0 aromatic heterocycles. The lowest BCUT2D eigenvalue weighted by Crippen LogP contribution is -2.01. The van der Waals surface area contributed by atoms with E-state index in [1.54, 1.807) is 5.57 Å². The van der Waals surface area contributed by atoms with E-state index in [9.17, 15) is 0 Å². The fourth-order valence-electron chi connectivity index (χ4n) is 3.83. The third-order valence-corrected chi connectivity index (χ3v) is 5.52. The zero-order chi connectivity index (χ0) is 18.5. The number of allylic oxidation sites excluding steroid dienone is 5. The van der Waals surface area contributed by atoms with E-state index in [-0.39, 0.29) is 0 Å². The molecular weight excluding hydrogens is 312 g/mol. The van der Waals surface area contributed by atoms with Crippen LogP contribution in [0.4, 0.5) is 0 Å². The molecule has 0 saturated heterocycles. The van der Waals surface area contributed by atoms with E-state index in [2.05, 4.69) is 82.0 Å². The van der Waals surface area contributed by atoms with Crippen LogP contribution in [0.15, 0.2) is 72.3 Å². The topological polar surface area (TPSA) is 0 Å². The van der Waals surface area contributed by atoms with Crippen molar-refractivity contribution in [1.82, 2.24) is 0 Å². The first kappa shape index (κ1) is 18.5. The predicted octanol–water partition coefficient (Wildman–Crippen LogP) is 7.54. The lowest BCUT2D eigenvalue weighted by atomic mass is 9.85. The second-order valence-corrected chi connectivity index (χ2v) is 7.55. The Balaban J connectivity index is 2.02. The van der Waals surface area contributed by atoms with Crippen molar-refractivity contribution in [1.29, 1.82) is 0 Å². The Kier molecular flexibility index (Phi) is 5.93. The highest BCUT2D eigenvalue weighted by molar-refractivity contribution is 5.76. The summed E-state index contributed by atoms with van der Waals surface area (Å²) in [5, 5.41) is 0. The quantitative estimate of drug-likeness (QED) is 0.526. The molecule has 0 atom stereocenters. The monoisotopic (exact) mass is 342 g/mol. The number of hydrogen-bond donors (Lipinski definition) is 0. The average Bonchev–Trinajstić information content (AvgIpc) is 2.67. The van der Waals surface area contributed by atoms with Gasteiger partial charge in [-0.2, -0.15) is 0 Å². The van der Waals surface area contributed by atoms with Crippen molar-refractivity contribution >= 4 is 11.1 Å². The van der Waals surface area contributed by atoms with Crippen LogP contribution in [0.25, 0.3) is 11.1 Å². The molecule has 0 bridgehead atoms. The SMILES string of the molecule is C=C(C)c1ccc(C/C(=C(/C)C2=CCCCC2)c2ccccc2C)cc1. The Bertz CT molecular complexity index is 844. The molecule has 0 N–H and O–H groups in total. The summed E-state index contributed by atoms with van der Waals surface area (Å²) in [6.45, 7) is 10.7. The van der Waals surface area contributed by atoms with Gasteiger partial charge >= 0.3 is 0 Å². The molecule has 0 amide bonds. The maximum Gasteiger partial charge on any atom is -0.00170 e. The van der Waals surface area contributed by atoms with Gasteiger partial charge in [-0.25, -0.2) is 0 Å². The number of benzene rings is 2. The maximum absolute atomic E-state index is 4.05. The predicted molar refractivity (Wildman–Crippen MR) is 115 cm³/mol. The minimum Gasteiger partial charge on any atom is -0.0955 e. The van der Waals surface area contributed by atoms with E-state index in [4.69, 9.17) is 0 Å². The number of aryl methyl sites for hydroxylation is 1. The Morgan fingerprint density at radius 2 is 1.69 bits per heavy atom. The van der Waals surface area contributed by atoms with Gasteiger partial charge in [0.25, 0.3) is 0 Å². The van der Waals surface area contributed by atoms with Crippen LogP contribution in [0.1, 0.15) is 61.8 Å². The molecule has 0 saturated carbocycles. The Morgan fingerprint density at radius 3 is 2.31 bits per heavy atom. The molecule has 0 spiro atoms. The summed E-state index contributed by atoms with van der Waals surface area (Å²) in [4.78, 5) is 0. The highest BCUT2D eigenvalue weighted by Gasteiger charge is 2.14. The van der Waals surface area contributed by atoms with Crippen molar-refractivity contribution in [3.63, 3.8) is 0 Å². The van der Waals surface area contributed by atoms with E-state index < -0.39 is 0 Å². The fraction of sp³-hybridized carbons (Fsp3) is 0.308. The smallest absolute Gasteiger partial charge is 0.00170 e. The first-order valence-corrected chi connectivity index (χ1v) is 9.76. The second kappa shape index (κ2) is 8.36. The van der Waals surface area contributed by atoms with Gasteiger partial charge in [-0.05, 0) is 91.8 Å². The van der Waals surface area contributed by atoms with E-state index in [1.165, 1.54) is 59.1 Å². The van der Waals surface area contributed by atoms with Crippen molar-refractivity contribution in [3.8, 4) is 0 Å². The van der Waals surface area contributed by atoms with Gasteiger partial charge in [0, 0.05) is 0 Å². The van der Waals surface area contributed by atoms with Crippen molar-refractivity contribution < 1.29 is 0 Å². The first-order chi connectivity index (χ1) is 12.6. The van der Waals surface area contributed by atoms with E-state index in [0.717, 1.165) is 12.0 Å². The molecule has 0 aliphatic heterocycles. The summed E-state index contributed by atoms with van der Waals surface area (Å²) in [5.41, 5.74) is 11.0. The van der Waals surface area contributed by atoms with E-state index in [1.807, 2.05) is 0 Å². The molecule has 1 aliphatic carbocycles. The Labute approximate surface area is 159 Å².